The maximum atomic E-state index is 5.78. The first kappa shape index (κ1) is 9.74. The van der Waals surface area contributed by atoms with Crippen molar-refractivity contribution in [2.24, 2.45) is 0 Å². The lowest BCUT2D eigenvalue weighted by atomic mass is 10.3. The number of pyridine rings is 1. The average Bonchev–Trinajstić information content (AvgIpc) is 2.45. The van der Waals surface area contributed by atoms with Crippen molar-refractivity contribution in [2.45, 2.75) is 19.6 Å². The fourth-order valence-corrected chi connectivity index (χ4v) is 2.43. The highest BCUT2D eigenvalue weighted by Gasteiger charge is 2.21. The van der Waals surface area contributed by atoms with E-state index in [0.717, 1.165) is 16.4 Å². The summed E-state index contributed by atoms with van der Waals surface area (Å²) >= 11 is 5.78. The zero-order valence-corrected chi connectivity index (χ0v) is 10.2. The third-order valence-electron chi connectivity index (χ3n) is 2.11. The minimum absolute atomic E-state index is 0.481. The molecule has 0 atom stereocenters. The van der Waals surface area contributed by atoms with E-state index >= 15 is 0 Å². The van der Waals surface area contributed by atoms with Crippen LogP contribution in [0.1, 0.15) is 0 Å². The summed E-state index contributed by atoms with van der Waals surface area (Å²) in [6, 6.07) is 3.84. The van der Waals surface area contributed by atoms with Gasteiger partial charge >= 0.3 is 0 Å². The molecule has 74 valence electrons. The second-order valence-electron chi connectivity index (χ2n) is 4.41. The zero-order chi connectivity index (χ0) is 10.3. The Bertz CT molecular complexity index is 472. The van der Waals surface area contributed by atoms with Crippen molar-refractivity contribution in [3.8, 4) is 0 Å². The molecule has 0 unspecified atom stereocenters. The third-order valence-corrected chi connectivity index (χ3v) is 4.04. The molecule has 14 heavy (non-hydrogen) atoms. The van der Waals surface area contributed by atoms with E-state index in [2.05, 4.69) is 30.7 Å². The molecule has 4 heteroatoms. The molecule has 0 spiro atoms. The highest BCUT2D eigenvalue weighted by molar-refractivity contribution is 6.87. The topological polar surface area (TPSA) is 26.0 Å². The van der Waals surface area contributed by atoms with Crippen LogP contribution in [0, 0.1) is 0 Å². The quantitative estimate of drug-likeness (QED) is 0.551. The molecule has 0 fully saturated rings. The van der Waals surface area contributed by atoms with Gasteiger partial charge in [-0.1, -0.05) is 31.2 Å². The van der Waals surface area contributed by atoms with E-state index in [4.69, 9.17) is 16.0 Å². The van der Waals surface area contributed by atoms with Gasteiger partial charge in [-0.15, -0.1) is 0 Å². The van der Waals surface area contributed by atoms with Crippen molar-refractivity contribution in [3.63, 3.8) is 0 Å². The average molecular weight is 226 g/mol. The summed E-state index contributed by atoms with van der Waals surface area (Å²) in [7, 11) is -1.37. The number of nitrogens with zero attached hydrogens (tertiary/aromatic N) is 1. The maximum Gasteiger partial charge on any atom is 0.138 e. The normalized spacial score (nSPS) is 12.3. The monoisotopic (exact) mass is 225 g/mol. The molecule has 0 N–H and O–H groups in total. The van der Waals surface area contributed by atoms with Crippen LogP contribution in [0.25, 0.3) is 11.0 Å². The van der Waals surface area contributed by atoms with E-state index in [9.17, 15) is 0 Å². The van der Waals surface area contributed by atoms with Crippen LogP contribution in [-0.2, 0) is 0 Å². The van der Waals surface area contributed by atoms with Gasteiger partial charge in [-0.3, -0.25) is 0 Å². The van der Waals surface area contributed by atoms with Gasteiger partial charge in [-0.05, 0) is 6.07 Å². The van der Waals surface area contributed by atoms with Crippen LogP contribution in [0.4, 0.5) is 0 Å². The van der Waals surface area contributed by atoms with Crippen LogP contribution >= 0.6 is 11.6 Å². The third kappa shape index (κ3) is 1.70. The van der Waals surface area contributed by atoms with E-state index in [1.165, 1.54) is 0 Å². The van der Waals surface area contributed by atoms with Crippen LogP contribution in [0.5, 0.6) is 0 Å². The largest absolute Gasteiger partial charge is 0.466 e. The van der Waals surface area contributed by atoms with Gasteiger partial charge in [0.1, 0.15) is 18.8 Å². The lowest BCUT2D eigenvalue weighted by Crippen LogP contribution is -2.36. The van der Waals surface area contributed by atoms with E-state index in [-0.39, 0.29) is 0 Å². The number of halogens is 1. The van der Waals surface area contributed by atoms with Gasteiger partial charge in [0.25, 0.3) is 0 Å². The van der Waals surface area contributed by atoms with Crippen molar-refractivity contribution in [1.82, 2.24) is 4.98 Å². The predicted molar refractivity (Wildman–Crippen MR) is 62.0 cm³/mol. The lowest BCUT2D eigenvalue weighted by molar-refractivity contribution is 0.648. The molecule has 2 rings (SSSR count). The van der Waals surface area contributed by atoms with Crippen molar-refractivity contribution >= 4 is 36.0 Å². The fourth-order valence-electron chi connectivity index (χ4n) is 1.28. The van der Waals surface area contributed by atoms with Gasteiger partial charge in [-0.25, -0.2) is 4.98 Å². The maximum absolute atomic E-state index is 5.78. The highest BCUT2D eigenvalue weighted by Crippen LogP contribution is 2.18. The molecule has 0 aliphatic carbocycles. The van der Waals surface area contributed by atoms with Gasteiger partial charge in [0.15, 0.2) is 0 Å². The smallest absolute Gasteiger partial charge is 0.138 e. The molecule has 0 saturated heterocycles. The lowest BCUT2D eigenvalue weighted by Gasteiger charge is -2.10. The second-order valence-corrected chi connectivity index (χ2v) is 9.79. The van der Waals surface area contributed by atoms with Crippen LogP contribution in [0.15, 0.2) is 22.7 Å². The molecule has 0 aromatic carbocycles. The van der Waals surface area contributed by atoms with E-state index in [0.29, 0.717) is 5.15 Å². The zero-order valence-electron chi connectivity index (χ0n) is 8.47. The number of hydrogen-bond acceptors (Lipinski definition) is 2. The van der Waals surface area contributed by atoms with Crippen molar-refractivity contribution in [3.05, 3.63) is 23.5 Å². The molecule has 2 heterocycles. The standard InChI is InChI=1S/C10H12ClNOSi/c1-14(2,3)10-4-7-6-12-9(11)5-8(7)13-10/h4-6H,1-3H3. The molecule has 0 amide bonds. The Morgan fingerprint density at radius 1 is 1.29 bits per heavy atom. The van der Waals surface area contributed by atoms with Crippen molar-refractivity contribution in [1.29, 1.82) is 0 Å². The molecule has 2 aromatic heterocycles. The summed E-state index contributed by atoms with van der Waals surface area (Å²) in [6.07, 6.45) is 1.75. The van der Waals surface area contributed by atoms with E-state index < -0.39 is 8.07 Å². The number of aromatic nitrogens is 1. The Kier molecular flexibility index (Phi) is 2.16. The summed E-state index contributed by atoms with van der Waals surface area (Å²) in [4.78, 5) is 4.02. The van der Waals surface area contributed by atoms with Crippen LogP contribution in [0.3, 0.4) is 0 Å². The first-order valence-electron chi connectivity index (χ1n) is 4.52. The first-order chi connectivity index (χ1) is 6.47. The van der Waals surface area contributed by atoms with Crippen LogP contribution < -0.4 is 5.38 Å². The predicted octanol–water partition coefficient (Wildman–Crippen LogP) is 3.03. The van der Waals surface area contributed by atoms with Crippen molar-refractivity contribution in [2.75, 3.05) is 0 Å². The SMILES string of the molecule is C[Si](C)(C)c1cc2cnc(Cl)cc2o1. The van der Waals surface area contributed by atoms with Crippen LogP contribution in [0.2, 0.25) is 24.8 Å². The van der Waals surface area contributed by atoms with Gasteiger partial charge in [0, 0.05) is 17.6 Å². The fraction of sp³-hybridized carbons (Fsp3) is 0.300. The second kappa shape index (κ2) is 3.10. The van der Waals surface area contributed by atoms with Gasteiger partial charge in [0.2, 0.25) is 0 Å². The Labute approximate surface area is 88.9 Å². The molecule has 0 saturated carbocycles. The summed E-state index contributed by atoms with van der Waals surface area (Å²) in [6.45, 7) is 6.75. The minimum atomic E-state index is -1.37. The summed E-state index contributed by atoms with van der Waals surface area (Å²) in [5, 5.41) is 2.61. The molecule has 0 radical (unpaired) electrons. The Morgan fingerprint density at radius 3 is 2.64 bits per heavy atom. The Hall–Kier alpha value is -0.803. The number of furan rings is 1. The molecular formula is C10H12ClNOSi. The summed E-state index contributed by atoms with van der Waals surface area (Å²) in [5.74, 6) is 0. The van der Waals surface area contributed by atoms with Gasteiger partial charge in [-0.2, -0.15) is 0 Å². The molecule has 0 aliphatic rings. The molecular weight excluding hydrogens is 214 g/mol. The summed E-state index contributed by atoms with van der Waals surface area (Å²) in [5.41, 5.74) is 0.836. The highest BCUT2D eigenvalue weighted by atomic mass is 35.5. The molecule has 2 nitrogen and oxygen atoms in total. The van der Waals surface area contributed by atoms with Crippen molar-refractivity contribution < 1.29 is 4.42 Å². The van der Waals surface area contributed by atoms with Crippen LogP contribution in [-0.4, -0.2) is 13.1 Å². The van der Waals surface area contributed by atoms with Gasteiger partial charge < -0.3 is 4.42 Å². The van der Waals surface area contributed by atoms with Gasteiger partial charge in [0.05, 0.1) is 5.38 Å². The molecule has 0 aliphatic heterocycles. The minimum Gasteiger partial charge on any atom is -0.466 e. The first-order valence-corrected chi connectivity index (χ1v) is 8.40. The molecule has 0 bridgehead atoms. The van der Waals surface area contributed by atoms with E-state index in [1.54, 1.807) is 12.3 Å². The summed E-state index contributed by atoms with van der Waals surface area (Å²) < 4.78 is 5.75. The van der Waals surface area contributed by atoms with E-state index in [1.807, 2.05) is 0 Å². The number of fused-ring (bicyclic) bond motifs is 1. The molecule has 2 aromatic rings. The number of rotatable bonds is 1. The number of hydrogen-bond donors (Lipinski definition) is 0. The Balaban J connectivity index is 2.63. The Morgan fingerprint density at radius 2 is 2.00 bits per heavy atom.